The highest BCUT2D eigenvalue weighted by atomic mass is 16.6. The minimum absolute atomic E-state index is 0.142. The maximum atomic E-state index is 12.7. The Balaban J connectivity index is 1.60. The summed E-state index contributed by atoms with van der Waals surface area (Å²) in [6.45, 7) is 3.86. The molecule has 1 saturated heterocycles. The van der Waals surface area contributed by atoms with Crippen molar-refractivity contribution in [1.29, 1.82) is 0 Å². The van der Waals surface area contributed by atoms with Crippen molar-refractivity contribution < 1.29 is 24.5 Å². The first-order valence-corrected chi connectivity index (χ1v) is 9.73. The number of rotatable bonds is 8. The molecule has 1 aromatic carbocycles. The lowest BCUT2D eigenvalue weighted by Gasteiger charge is -2.26. The van der Waals surface area contributed by atoms with Gasteiger partial charge in [-0.3, -0.25) is 9.59 Å². The van der Waals surface area contributed by atoms with E-state index in [0.717, 1.165) is 30.4 Å². The average molecular weight is 375 g/mol. The fourth-order valence-corrected chi connectivity index (χ4v) is 3.97. The first-order chi connectivity index (χ1) is 12.8. The number of phenolic OH excluding ortho intramolecular Hbond substituents is 1. The molecule has 3 atom stereocenters. The molecule has 3 unspecified atom stereocenters. The fraction of sp³-hybridized carbons (Fsp3) is 0.619. The van der Waals surface area contributed by atoms with Crippen LogP contribution in [0.15, 0.2) is 18.2 Å². The van der Waals surface area contributed by atoms with E-state index in [2.05, 4.69) is 5.32 Å². The Labute approximate surface area is 159 Å². The standard InChI is InChI=1S/C21H29NO5/c1-13(2)8-17(20(26)21(11-23)12-27-21)22-19(25)10-14-6-7-16-15(9-14)4-3-5-18(16)24/h3-5,13-14,17,23-24H,6-12H2,1-2H3,(H,22,25). The molecular formula is C21H29NO5. The summed E-state index contributed by atoms with van der Waals surface area (Å²) in [5, 5.41) is 22.3. The molecule has 1 aliphatic carbocycles. The molecule has 1 aromatic rings. The van der Waals surface area contributed by atoms with E-state index in [1.807, 2.05) is 26.0 Å². The van der Waals surface area contributed by atoms with Crippen LogP contribution in [0.2, 0.25) is 0 Å². The highest BCUT2D eigenvalue weighted by Gasteiger charge is 2.54. The number of amides is 1. The highest BCUT2D eigenvalue weighted by molar-refractivity contribution is 5.97. The second-order valence-corrected chi connectivity index (χ2v) is 8.28. The minimum Gasteiger partial charge on any atom is -0.508 e. The molecule has 1 fully saturated rings. The van der Waals surface area contributed by atoms with Gasteiger partial charge in [0.25, 0.3) is 0 Å². The molecule has 6 heteroatoms. The molecule has 1 amide bonds. The zero-order valence-electron chi connectivity index (χ0n) is 16.0. The number of ether oxygens (including phenoxy) is 1. The van der Waals surface area contributed by atoms with Gasteiger partial charge >= 0.3 is 0 Å². The molecular weight excluding hydrogens is 346 g/mol. The molecule has 0 aromatic heterocycles. The van der Waals surface area contributed by atoms with E-state index in [1.165, 1.54) is 0 Å². The van der Waals surface area contributed by atoms with Crippen LogP contribution in [0.25, 0.3) is 0 Å². The molecule has 3 rings (SSSR count). The van der Waals surface area contributed by atoms with Gasteiger partial charge in [-0.1, -0.05) is 26.0 Å². The largest absolute Gasteiger partial charge is 0.508 e. The van der Waals surface area contributed by atoms with Crippen LogP contribution in [-0.2, 0) is 27.2 Å². The molecule has 0 radical (unpaired) electrons. The topological polar surface area (TPSA) is 99.2 Å². The summed E-state index contributed by atoms with van der Waals surface area (Å²) in [5.41, 5.74) is 0.964. The summed E-state index contributed by atoms with van der Waals surface area (Å²) < 4.78 is 5.18. The number of benzene rings is 1. The van der Waals surface area contributed by atoms with Crippen molar-refractivity contribution in [3.05, 3.63) is 29.3 Å². The van der Waals surface area contributed by atoms with Crippen LogP contribution in [0, 0.1) is 11.8 Å². The van der Waals surface area contributed by atoms with Gasteiger partial charge in [-0.05, 0) is 54.7 Å². The first-order valence-electron chi connectivity index (χ1n) is 9.73. The zero-order valence-corrected chi connectivity index (χ0v) is 16.0. The van der Waals surface area contributed by atoms with Crippen molar-refractivity contribution in [1.82, 2.24) is 5.32 Å². The summed E-state index contributed by atoms with van der Waals surface area (Å²) in [4.78, 5) is 25.3. The van der Waals surface area contributed by atoms with E-state index in [-0.39, 0.29) is 36.7 Å². The van der Waals surface area contributed by atoms with Gasteiger partial charge in [0.2, 0.25) is 5.91 Å². The Bertz CT molecular complexity index is 711. The molecule has 2 aliphatic rings. The Kier molecular flexibility index (Phi) is 5.86. The van der Waals surface area contributed by atoms with Crippen LogP contribution in [0.1, 0.15) is 44.2 Å². The quantitative estimate of drug-likeness (QED) is 0.601. The first kappa shape index (κ1) is 19.8. The minimum atomic E-state index is -1.12. The summed E-state index contributed by atoms with van der Waals surface area (Å²) in [5.74, 6) is 0.385. The van der Waals surface area contributed by atoms with Crippen LogP contribution in [0.5, 0.6) is 5.75 Å². The van der Waals surface area contributed by atoms with Gasteiger partial charge in [-0.2, -0.15) is 0 Å². The van der Waals surface area contributed by atoms with Gasteiger partial charge in [0, 0.05) is 6.42 Å². The van der Waals surface area contributed by atoms with E-state index < -0.39 is 11.6 Å². The maximum absolute atomic E-state index is 12.7. The Morgan fingerprint density at radius 3 is 2.74 bits per heavy atom. The fourth-order valence-electron chi connectivity index (χ4n) is 3.97. The zero-order chi connectivity index (χ0) is 19.6. The lowest BCUT2D eigenvalue weighted by molar-refractivity contribution is -0.132. The predicted molar refractivity (Wildman–Crippen MR) is 100 cm³/mol. The van der Waals surface area contributed by atoms with E-state index in [1.54, 1.807) is 6.07 Å². The number of ketones is 1. The molecule has 148 valence electrons. The molecule has 27 heavy (non-hydrogen) atoms. The number of aliphatic hydroxyl groups is 1. The average Bonchev–Trinajstić information content (AvgIpc) is 3.41. The van der Waals surface area contributed by atoms with Gasteiger partial charge < -0.3 is 20.3 Å². The summed E-state index contributed by atoms with van der Waals surface area (Å²) in [6.07, 6.45) is 3.23. The number of nitrogens with one attached hydrogen (secondary N) is 1. The van der Waals surface area contributed by atoms with Crippen molar-refractivity contribution in [2.45, 2.75) is 57.6 Å². The number of Topliss-reactive ketones (excluding diaryl/α,β-unsaturated/α-hetero) is 1. The smallest absolute Gasteiger partial charge is 0.220 e. The van der Waals surface area contributed by atoms with Gasteiger partial charge in [-0.15, -0.1) is 0 Å². The van der Waals surface area contributed by atoms with Crippen LogP contribution in [-0.4, -0.2) is 46.8 Å². The number of carbonyl (C=O) groups excluding carboxylic acids is 2. The van der Waals surface area contributed by atoms with Crippen LogP contribution in [0.3, 0.4) is 0 Å². The number of epoxide rings is 1. The monoisotopic (exact) mass is 375 g/mol. The van der Waals surface area contributed by atoms with Crippen molar-refractivity contribution in [3.8, 4) is 5.75 Å². The van der Waals surface area contributed by atoms with Crippen molar-refractivity contribution >= 4 is 11.7 Å². The second kappa shape index (κ2) is 7.98. The number of phenols is 1. The second-order valence-electron chi connectivity index (χ2n) is 8.28. The number of carbonyl (C=O) groups is 2. The predicted octanol–water partition coefficient (Wildman–Crippen LogP) is 1.75. The molecule has 1 heterocycles. The third kappa shape index (κ3) is 4.50. The van der Waals surface area contributed by atoms with Gasteiger partial charge in [0.15, 0.2) is 11.4 Å². The summed E-state index contributed by atoms with van der Waals surface area (Å²) >= 11 is 0. The van der Waals surface area contributed by atoms with Crippen molar-refractivity contribution in [3.63, 3.8) is 0 Å². The number of aromatic hydroxyl groups is 1. The van der Waals surface area contributed by atoms with Crippen molar-refractivity contribution in [2.24, 2.45) is 11.8 Å². The van der Waals surface area contributed by atoms with E-state index in [4.69, 9.17) is 4.74 Å². The van der Waals surface area contributed by atoms with Crippen LogP contribution < -0.4 is 5.32 Å². The Morgan fingerprint density at radius 2 is 2.11 bits per heavy atom. The third-order valence-corrected chi connectivity index (χ3v) is 5.59. The van der Waals surface area contributed by atoms with Gasteiger partial charge in [-0.25, -0.2) is 0 Å². The van der Waals surface area contributed by atoms with E-state index in [9.17, 15) is 19.8 Å². The normalized spacial score (nSPS) is 25.0. The van der Waals surface area contributed by atoms with E-state index in [0.29, 0.717) is 18.6 Å². The summed E-state index contributed by atoms with van der Waals surface area (Å²) in [7, 11) is 0. The summed E-state index contributed by atoms with van der Waals surface area (Å²) in [6, 6.07) is 4.90. The van der Waals surface area contributed by atoms with Crippen LogP contribution in [0.4, 0.5) is 0 Å². The number of hydrogen-bond donors (Lipinski definition) is 3. The molecule has 6 nitrogen and oxygen atoms in total. The number of aliphatic hydroxyl groups excluding tert-OH is 1. The van der Waals surface area contributed by atoms with E-state index >= 15 is 0 Å². The van der Waals surface area contributed by atoms with Gasteiger partial charge in [0.1, 0.15) is 5.75 Å². The SMILES string of the molecule is CC(C)CC(NC(=O)CC1CCc2c(O)cccc2C1)C(=O)C1(CO)CO1. The third-order valence-electron chi connectivity index (χ3n) is 5.59. The highest BCUT2D eigenvalue weighted by Crippen LogP contribution is 2.33. The number of fused-ring (bicyclic) bond motifs is 1. The molecule has 0 spiro atoms. The lowest BCUT2D eigenvalue weighted by Crippen LogP contribution is -2.49. The molecule has 0 bridgehead atoms. The maximum Gasteiger partial charge on any atom is 0.220 e. The van der Waals surface area contributed by atoms with Crippen LogP contribution >= 0.6 is 0 Å². The lowest BCUT2D eigenvalue weighted by atomic mass is 9.81. The number of hydrogen-bond acceptors (Lipinski definition) is 5. The van der Waals surface area contributed by atoms with Gasteiger partial charge in [0.05, 0.1) is 19.3 Å². The molecule has 3 N–H and O–H groups in total. The Morgan fingerprint density at radius 1 is 1.37 bits per heavy atom. The van der Waals surface area contributed by atoms with Crippen molar-refractivity contribution in [2.75, 3.05) is 13.2 Å². The Hall–Kier alpha value is -1.92. The molecule has 0 saturated carbocycles. The molecule has 1 aliphatic heterocycles.